The fourth-order valence-corrected chi connectivity index (χ4v) is 3.00. The third-order valence-electron chi connectivity index (χ3n) is 4.68. The first-order valence-corrected chi connectivity index (χ1v) is 8.95. The van der Waals surface area contributed by atoms with Crippen LogP contribution in [0.3, 0.4) is 0 Å². The topological polar surface area (TPSA) is 86.5 Å². The number of ether oxygens (including phenoxy) is 2. The van der Waals surface area contributed by atoms with E-state index in [1.54, 1.807) is 12.3 Å². The van der Waals surface area contributed by atoms with Gasteiger partial charge in [0.1, 0.15) is 11.9 Å². The molecule has 3 heterocycles. The molecule has 2 atom stereocenters. The zero-order valence-electron chi connectivity index (χ0n) is 15.4. The van der Waals surface area contributed by atoms with Gasteiger partial charge in [0.25, 0.3) is 5.91 Å². The van der Waals surface area contributed by atoms with Gasteiger partial charge in [-0.2, -0.15) is 0 Å². The number of aryl methyl sites for hydroxylation is 3. The Hall–Kier alpha value is -2.25. The van der Waals surface area contributed by atoms with Gasteiger partial charge < -0.3 is 19.3 Å². The van der Waals surface area contributed by atoms with Gasteiger partial charge in [0.2, 0.25) is 0 Å². The molecule has 0 spiro atoms. The molecule has 1 saturated heterocycles. The van der Waals surface area contributed by atoms with Crippen molar-refractivity contribution in [2.24, 2.45) is 0 Å². The highest BCUT2D eigenvalue weighted by Crippen LogP contribution is 2.18. The SMILES string of the molecule is CCc1cc(C(=O)N[C@@H]2CCOC[C@H]2OCc2c(C)noc2C)ccn1. The van der Waals surface area contributed by atoms with Crippen LogP contribution in [0.2, 0.25) is 0 Å². The van der Waals surface area contributed by atoms with Crippen LogP contribution >= 0.6 is 0 Å². The van der Waals surface area contributed by atoms with Crippen molar-refractivity contribution in [3.05, 3.63) is 46.6 Å². The molecule has 0 aliphatic carbocycles. The van der Waals surface area contributed by atoms with E-state index in [9.17, 15) is 4.79 Å². The van der Waals surface area contributed by atoms with E-state index in [1.165, 1.54) is 0 Å². The van der Waals surface area contributed by atoms with Crippen molar-refractivity contribution in [1.82, 2.24) is 15.5 Å². The van der Waals surface area contributed by atoms with Gasteiger partial charge in [-0.3, -0.25) is 9.78 Å². The van der Waals surface area contributed by atoms with Crippen LogP contribution in [0.4, 0.5) is 0 Å². The first-order chi connectivity index (χ1) is 12.6. The quantitative estimate of drug-likeness (QED) is 0.852. The van der Waals surface area contributed by atoms with Crippen LogP contribution in [0.5, 0.6) is 0 Å². The smallest absolute Gasteiger partial charge is 0.251 e. The fourth-order valence-electron chi connectivity index (χ4n) is 3.00. The maximum absolute atomic E-state index is 12.6. The predicted molar refractivity (Wildman–Crippen MR) is 94.9 cm³/mol. The van der Waals surface area contributed by atoms with Gasteiger partial charge in [0.05, 0.1) is 24.9 Å². The van der Waals surface area contributed by atoms with E-state index in [2.05, 4.69) is 15.5 Å². The number of hydrogen-bond acceptors (Lipinski definition) is 6. The molecule has 1 amide bonds. The Kier molecular flexibility index (Phi) is 6.00. The second kappa shape index (κ2) is 8.42. The van der Waals surface area contributed by atoms with Gasteiger partial charge in [-0.15, -0.1) is 0 Å². The number of rotatable bonds is 6. The minimum atomic E-state index is -0.214. The Morgan fingerprint density at radius 2 is 2.27 bits per heavy atom. The summed E-state index contributed by atoms with van der Waals surface area (Å²) in [6, 6.07) is 3.46. The standard InChI is InChI=1S/C19H25N3O4/c1-4-15-9-14(5-7-20-15)19(23)21-17-6-8-24-11-18(17)25-10-16-12(2)22-26-13(16)3/h5,7,9,17-18H,4,6,8,10-11H2,1-3H3,(H,21,23)/t17-,18-/m1/s1. The summed E-state index contributed by atoms with van der Waals surface area (Å²) >= 11 is 0. The van der Waals surface area contributed by atoms with Crippen molar-refractivity contribution in [1.29, 1.82) is 0 Å². The van der Waals surface area contributed by atoms with Crippen molar-refractivity contribution in [2.75, 3.05) is 13.2 Å². The molecule has 1 aliphatic rings. The molecule has 7 heteroatoms. The molecule has 0 radical (unpaired) electrons. The van der Waals surface area contributed by atoms with E-state index < -0.39 is 0 Å². The first kappa shape index (κ1) is 18.5. The number of hydrogen-bond donors (Lipinski definition) is 1. The molecule has 0 unspecified atom stereocenters. The number of nitrogens with zero attached hydrogens (tertiary/aromatic N) is 2. The van der Waals surface area contributed by atoms with Crippen LogP contribution in [-0.2, 0) is 22.5 Å². The molecular formula is C19H25N3O4. The lowest BCUT2D eigenvalue weighted by Gasteiger charge is -2.32. The summed E-state index contributed by atoms with van der Waals surface area (Å²) in [6.07, 6.45) is 2.96. The number of pyridine rings is 1. The van der Waals surface area contributed by atoms with Crippen molar-refractivity contribution in [2.45, 2.75) is 52.4 Å². The van der Waals surface area contributed by atoms with Gasteiger partial charge in [-0.05, 0) is 38.8 Å². The lowest BCUT2D eigenvalue weighted by Crippen LogP contribution is -2.50. The van der Waals surface area contributed by atoms with Crippen LogP contribution in [0.15, 0.2) is 22.9 Å². The average Bonchev–Trinajstić information content (AvgIpc) is 2.99. The van der Waals surface area contributed by atoms with Crippen LogP contribution in [0.1, 0.15) is 46.4 Å². The van der Waals surface area contributed by atoms with E-state index in [4.69, 9.17) is 14.0 Å². The van der Waals surface area contributed by atoms with Gasteiger partial charge in [-0.25, -0.2) is 0 Å². The molecule has 7 nitrogen and oxygen atoms in total. The Bertz CT molecular complexity index is 739. The highest BCUT2D eigenvalue weighted by molar-refractivity contribution is 5.94. The predicted octanol–water partition coefficient (Wildman–Crippen LogP) is 2.35. The maximum atomic E-state index is 12.6. The zero-order chi connectivity index (χ0) is 18.5. The van der Waals surface area contributed by atoms with Crippen molar-refractivity contribution in [3.63, 3.8) is 0 Å². The van der Waals surface area contributed by atoms with Crippen molar-refractivity contribution < 1.29 is 18.8 Å². The second-order valence-electron chi connectivity index (χ2n) is 6.49. The number of amides is 1. The van der Waals surface area contributed by atoms with Crippen LogP contribution < -0.4 is 5.32 Å². The molecular weight excluding hydrogens is 334 g/mol. The summed E-state index contributed by atoms with van der Waals surface area (Å²) in [7, 11) is 0. The zero-order valence-corrected chi connectivity index (χ0v) is 15.4. The molecule has 0 aromatic carbocycles. The van der Waals surface area contributed by atoms with E-state index in [0.29, 0.717) is 31.8 Å². The van der Waals surface area contributed by atoms with Gasteiger partial charge in [-0.1, -0.05) is 12.1 Å². The highest BCUT2D eigenvalue weighted by Gasteiger charge is 2.29. The summed E-state index contributed by atoms with van der Waals surface area (Å²) in [6.45, 7) is 7.21. The van der Waals surface area contributed by atoms with E-state index in [-0.39, 0.29) is 18.1 Å². The van der Waals surface area contributed by atoms with Crippen LogP contribution in [0, 0.1) is 13.8 Å². The largest absolute Gasteiger partial charge is 0.379 e. The minimum Gasteiger partial charge on any atom is -0.379 e. The summed E-state index contributed by atoms with van der Waals surface area (Å²) in [5.74, 6) is 0.642. The summed E-state index contributed by atoms with van der Waals surface area (Å²) in [5.41, 5.74) is 3.29. The van der Waals surface area contributed by atoms with Gasteiger partial charge >= 0.3 is 0 Å². The van der Waals surface area contributed by atoms with Crippen molar-refractivity contribution in [3.8, 4) is 0 Å². The van der Waals surface area contributed by atoms with E-state index in [1.807, 2.05) is 26.8 Å². The third-order valence-corrected chi connectivity index (χ3v) is 4.68. The van der Waals surface area contributed by atoms with E-state index >= 15 is 0 Å². The molecule has 3 rings (SSSR count). The van der Waals surface area contributed by atoms with E-state index in [0.717, 1.165) is 29.1 Å². The molecule has 0 saturated carbocycles. The Labute approximate surface area is 153 Å². The number of carbonyl (C=O) groups excluding carboxylic acids is 1. The molecule has 26 heavy (non-hydrogen) atoms. The molecule has 0 bridgehead atoms. The number of aromatic nitrogens is 2. The Morgan fingerprint density at radius 1 is 1.42 bits per heavy atom. The van der Waals surface area contributed by atoms with Crippen LogP contribution in [-0.4, -0.2) is 41.4 Å². The normalized spacial score (nSPS) is 20.1. The Morgan fingerprint density at radius 3 is 3.00 bits per heavy atom. The molecule has 1 fully saturated rings. The summed E-state index contributed by atoms with van der Waals surface area (Å²) in [5, 5.41) is 7.03. The fraction of sp³-hybridized carbons (Fsp3) is 0.526. The monoisotopic (exact) mass is 359 g/mol. The molecule has 2 aromatic rings. The van der Waals surface area contributed by atoms with Gasteiger partial charge in [0.15, 0.2) is 0 Å². The van der Waals surface area contributed by atoms with Crippen molar-refractivity contribution >= 4 is 5.91 Å². The maximum Gasteiger partial charge on any atom is 0.251 e. The minimum absolute atomic E-state index is 0.102. The first-order valence-electron chi connectivity index (χ1n) is 8.95. The van der Waals surface area contributed by atoms with Gasteiger partial charge in [0, 0.05) is 29.6 Å². The Balaban J connectivity index is 1.64. The lowest BCUT2D eigenvalue weighted by atomic mass is 10.0. The average molecular weight is 359 g/mol. The number of carbonyl (C=O) groups is 1. The van der Waals surface area contributed by atoms with Crippen LogP contribution in [0.25, 0.3) is 0 Å². The summed E-state index contributed by atoms with van der Waals surface area (Å²) in [4.78, 5) is 16.8. The second-order valence-corrected chi connectivity index (χ2v) is 6.49. The third kappa shape index (κ3) is 4.28. The lowest BCUT2D eigenvalue weighted by molar-refractivity contribution is -0.0739. The highest BCUT2D eigenvalue weighted by atomic mass is 16.5. The molecule has 1 N–H and O–H groups in total. The molecule has 1 aliphatic heterocycles. The number of nitrogens with one attached hydrogen (secondary N) is 1. The molecule has 2 aromatic heterocycles. The molecule has 140 valence electrons. The summed E-state index contributed by atoms with van der Waals surface area (Å²) < 4.78 is 16.7.